The van der Waals surface area contributed by atoms with Crippen LogP contribution < -0.4 is 4.90 Å². The first-order valence-electron chi connectivity index (χ1n) is 6.15. The van der Waals surface area contributed by atoms with E-state index in [2.05, 4.69) is 20.8 Å². The van der Waals surface area contributed by atoms with Gasteiger partial charge in [-0.3, -0.25) is 0 Å². The Morgan fingerprint density at radius 1 is 1.58 bits per heavy atom. The van der Waals surface area contributed by atoms with Gasteiger partial charge in [0.1, 0.15) is 0 Å². The first-order chi connectivity index (χ1) is 8.99. The van der Waals surface area contributed by atoms with Crippen LogP contribution in [0.4, 0.5) is 10.5 Å². The van der Waals surface area contributed by atoms with Gasteiger partial charge in [0.05, 0.1) is 11.7 Å². The molecule has 1 fully saturated rings. The number of carbonyl (C=O) groups is 1. The van der Waals surface area contributed by atoms with Gasteiger partial charge in [-0.2, -0.15) is 0 Å². The fourth-order valence-corrected chi connectivity index (χ4v) is 3.32. The number of rotatable bonds is 2. The molecule has 0 aromatic heterocycles. The van der Waals surface area contributed by atoms with Crippen molar-refractivity contribution in [1.29, 1.82) is 0 Å². The Labute approximate surface area is 126 Å². The smallest absolute Gasteiger partial charge is 0.407 e. The van der Waals surface area contributed by atoms with E-state index in [1.54, 1.807) is 7.05 Å². The second kappa shape index (κ2) is 6.01. The molecule has 2 rings (SSSR count). The average Bonchev–Trinajstić information content (AvgIpc) is 2.38. The molecule has 6 heteroatoms. The van der Waals surface area contributed by atoms with Gasteiger partial charge in [-0.15, -0.1) is 0 Å². The Balaban J connectivity index is 2.15. The van der Waals surface area contributed by atoms with Gasteiger partial charge in [0.15, 0.2) is 0 Å². The number of nitrogens with zero attached hydrogens (tertiary/aromatic N) is 2. The number of hydrogen-bond acceptors (Lipinski definition) is 2. The molecule has 1 saturated heterocycles. The van der Waals surface area contributed by atoms with Crippen molar-refractivity contribution in [1.82, 2.24) is 4.90 Å². The molecule has 1 aromatic carbocycles. The third-order valence-electron chi connectivity index (χ3n) is 3.50. The second-order valence-corrected chi connectivity index (χ2v) is 6.02. The summed E-state index contributed by atoms with van der Waals surface area (Å²) in [4.78, 5) is 14.6. The Kier molecular flexibility index (Phi) is 4.58. The Bertz CT molecular complexity index is 484. The Morgan fingerprint density at radius 2 is 2.32 bits per heavy atom. The first-order valence-corrected chi connectivity index (χ1v) is 7.32. The molecule has 0 saturated carbocycles. The molecular formula is C13H16BrClN2O2. The molecule has 1 amide bonds. The minimum absolute atomic E-state index is 0.0360. The number of anilines is 1. The van der Waals surface area contributed by atoms with Crippen LogP contribution in [-0.2, 0) is 0 Å². The largest absolute Gasteiger partial charge is 0.465 e. The highest BCUT2D eigenvalue weighted by Gasteiger charge is 2.26. The van der Waals surface area contributed by atoms with Crippen LogP contribution in [0.5, 0.6) is 0 Å². The maximum atomic E-state index is 11.0. The van der Waals surface area contributed by atoms with Gasteiger partial charge in [-0.1, -0.05) is 11.6 Å². The lowest BCUT2D eigenvalue weighted by atomic mass is 10.0. The van der Waals surface area contributed by atoms with E-state index in [0.29, 0.717) is 11.6 Å². The zero-order valence-electron chi connectivity index (χ0n) is 10.6. The number of amides is 1. The highest BCUT2D eigenvalue weighted by atomic mass is 79.9. The van der Waals surface area contributed by atoms with Crippen molar-refractivity contribution < 1.29 is 9.90 Å². The predicted octanol–water partition coefficient (Wildman–Crippen LogP) is 3.68. The number of carboxylic acid groups (broad SMARTS) is 1. The lowest BCUT2D eigenvalue weighted by molar-refractivity contribution is 0.133. The summed E-state index contributed by atoms with van der Waals surface area (Å²) >= 11 is 9.45. The monoisotopic (exact) mass is 346 g/mol. The molecule has 1 atom stereocenters. The number of piperidine rings is 1. The second-order valence-electron chi connectivity index (χ2n) is 4.73. The molecule has 1 heterocycles. The van der Waals surface area contributed by atoms with Gasteiger partial charge in [0.2, 0.25) is 0 Å². The van der Waals surface area contributed by atoms with Gasteiger partial charge in [0.25, 0.3) is 0 Å². The fourth-order valence-electron chi connectivity index (χ4n) is 2.38. The summed E-state index contributed by atoms with van der Waals surface area (Å²) in [5, 5.41) is 9.75. The third kappa shape index (κ3) is 3.34. The molecule has 0 radical (unpaired) electrons. The van der Waals surface area contributed by atoms with Crippen LogP contribution in [0.15, 0.2) is 22.7 Å². The van der Waals surface area contributed by atoms with E-state index in [0.717, 1.165) is 29.5 Å². The molecule has 0 spiro atoms. The van der Waals surface area contributed by atoms with E-state index in [-0.39, 0.29) is 6.04 Å². The highest BCUT2D eigenvalue weighted by molar-refractivity contribution is 9.10. The zero-order valence-corrected chi connectivity index (χ0v) is 13.0. The van der Waals surface area contributed by atoms with Crippen molar-refractivity contribution in [3.05, 3.63) is 27.7 Å². The SMILES string of the molecule is CN(C(=O)O)[C@H]1CCCN(c2ccc(Cl)cc2Br)C1. The standard InChI is InChI=1S/C13H16BrClN2O2/c1-16(13(18)19)10-3-2-6-17(8-10)12-5-4-9(15)7-11(12)14/h4-5,7,10H,2-3,6,8H2,1H3,(H,18,19)/t10-/m0/s1. The van der Waals surface area contributed by atoms with Crippen LogP contribution in [0.3, 0.4) is 0 Å². The van der Waals surface area contributed by atoms with E-state index in [1.165, 1.54) is 4.90 Å². The molecule has 0 aliphatic carbocycles. The van der Waals surface area contributed by atoms with E-state index in [4.69, 9.17) is 16.7 Å². The number of halogens is 2. The van der Waals surface area contributed by atoms with Crippen LogP contribution in [-0.4, -0.2) is 42.3 Å². The molecule has 0 unspecified atom stereocenters. The van der Waals surface area contributed by atoms with Gasteiger partial charge in [-0.25, -0.2) is 4.79 Å². The molecular weight excluding hydrogens is 332 g/mol. The molecule has 1 aliphatic rings. The number of benzene rings is 1. The van der Waals surface area contributed by atoms with Gasteiger partial charge in [0, 0.05) is 29.6 Å². The molecule has 1 N–H and O–H groups in total. The van der Waals surface area contributed by atoms with Crippen LogP contribution in [0.25, 0.3) is 0 Å². The Morgan fingerprint density at radius 3 is 2.95 bits per heavy atom. The lowest BCUT2D eigenvalue weighted by Crippen LogP contribution is -2.48. The van der Waals surface area contributed by atoms with E-state index >= 15 is 0 Å². The third-order valence-corrected chi connectivity index (χ3v) is 4.37. The van der Waals surface area contributed by atoms with E-state index in [1.807, 2.05) is 18.2 Å². The molecule has 1 aromatic rings. The molecule has 104 valence electrons. The molecule has 0 bridgehead atoms. The van der Waals surface area contributed by atoms with Crippen molar-refractivity contribution in [2.24, 2.45) is 0 Å². The lowest BCUT2D eigenvalue weighted by Gasteiger charge is -2.38. The summed E-state index contributed by atoms with van der Waals surface area (Å²) in [5.74, 6) is 0. The van der Waals surface area contributed by atoms with Crippen molar-refractivity contribution in [3.63, 3.8) is 0 Å². The summed E-state index contributed by atoms with van der Waals surface area (Å²) in [6.07, 6.45) is 1.02. The van der Waals surface area contributed by atoms with Crippen molar-refractivity contribution in [2.45, 2.75) is 18.9 Å². The van der Waals surface area contributed by atoms with Gasteiger partial charge in [-0.05, 0) is 47.0 Å². The predicted molar refractivity (Wildman–Crippen MR) is 80.2 cm³/mol. The van der Waals surface area contributed by atoms with Crippen molar-refractivity contribution in [2.75, 3.05) is 25.0 Å². The van der Waals surface area contributed by atoms with Crippen molar-refractivity contribution in [3.8, 4) is 0 Å². The maximum absolute atomic E-state index is 11.0. The summed E-state index contributed by atoms with van der Waals surface area (Å²) in [6.45, 7) is 1.65. The Hall–Kier alpha value is -0.940. The number of likely N-dealkylation sites (N-methyl/N-ethyl adjacent to an activating group) is 1. The normalized spacial score (nSPS) is 19.3. The van der Waals surface area contributed by atoms with E-state index in [9.17, 15) is 4.79 Å². The van der Waals surface area contributed by atoms with Crippen LogP contribution in [0, 0.1) is 0 Å². The average molecular weight is 348 g/mol. The number of hydrogen-bond donors (Lipinski definition) is 1. The summed E-state index contributed by atoms with van der Waals surface area (Å²) in [7, 11) is 1.63. The van der Waals surface area contributed by atoms with E-state index < -0.39 is 6.09 Å². The first kappa shape index (κ1) is 14.5. The summed E-state index contributed by atoms with van der Waals surface area (Å²) < 4.78 is 0.943. The van der Waals surface area contributed by atoms with Crippen LogP contribution >= 0.6 is 27.5 Å². The van der Waals surface area contributed by atoms with Crippen LogP contribution in [0.2, 0.25) is 5.02 Å². The quantitative estimate of drug-likeness (QED) is 0.887. The molecule has 1 aliphatic heterocycles. The summed E-state index contributed by atoms with van der Waals surface area (Å²) in [6, 6.07) is 5.72. The minimum Gasteiger partial charge on any atom is -0.465 e. The highest BCUT2D eigenvalue weighted by Crippen LogP contribution is 2.31. The molecule has 19 heavy (non-hydrogen) atoms. The topological polar surface area (TPSA) is 43.8 Å². The zero-order chi connectivity index (χ0) is 14.0. The van der Waals surface area contributed by atoms with Gasteiger partial charge >= 0.3 is 6.09 Å². The maximum Gasteiger partial charge on any atom is 0.407 e. The summed E-state index contributed by atoms with van der Waals surface area (Å²) in [5.41, 5.74) is 1.06. The van der Waals surface area contributed by atoms with Crippen molar-refractivity contribution >= 4 is 39.3 Å². The fraction of sp³-hybridized carbons (Fsp3) is 0.462. The van der Waals surface area contributed by atoms with Gasteiger partial charge < -0.3 is 14.9 Å². The van der Waals surface area contributed by atoms with Crippen LogP contribution in [0.1, 0.15) is 12.8 Å². The minimum atomic E-state index is -0.873. The molecule has 4 nitrogen and oxygen atoms in total.